The number of aryl methyl sites for hydroxylation is 1. The number of hydrogen-bond donors (Lipinski definition) is 2. The summed E-state index contributed by atoms with van der Waals surface area (Å²) in [5.41, 5.74) is 5.76. The van der Waals surface area contributed by atoms with Gasteiger partial charge in [0.25, 0.3) is 11.5 Å². The first-order chi connectivity index (χ1) is 14.6. The molecule has 2 N–H and O–H groups in total. The quantitative estimate of drug-likeness (QED) is 0.590. The molecule has 0 aliphatic carbocycles. The van der Waals surface area contributed by atoms with Crippen molar-refractivity contribution in [2.24, 2.45) is 0 Å². The van der Waals surface area contributed by atoms with Gasteiger partial charge in [-0.3, -0.25) is 25.2 Å². The van der Waals surface area contributed by atoms with E-state index in [4.69, 9.17) is 0 Å². The van der Waals surface area contributed by atoms with Crippen LogP contribution in [0.15, 0.2) is 59.4 Å². The van der Waals surface area contributed by atoms with Gasteiger partial charge in [0.05, 0.1) is 11.3 Å². The number of rotatable bonds is 7. The van der Waals surface area contributed by atoms with Crippen LogP contribution in [-0.4, -0.2) is 21.6 Å². The number of aromatic nitrogens is 2. The Kier molecular flexibility index (Phi) is 6.95. The average Bonchev–Trinajstić information content (AvgIpc) is 2.78. The summed E-state index contributed by atoms with van der Waals surface area (Å²) in [5.74, 6) is -1.22. The minimum Gasteiger partial charge on any atom is -0.273 e. The summed E-state index contributed by atoms with van der Waals surface area (Å²) < 4.78 is 1.29. The Morgan fingerprint density at radius 1 is 0.933 bits per heavy atom. The van der Waals surface area contributed by atoms with E-state index in [1.165, 1.54) is 4.68 Å². The molecule has 156 valence electrons. The highest BCUT2D eigenvalue weighted by atomic mass is 16.2. The molecular formula is C23H26N4O3. The van der Waals surface area contributed by atoms with Crippen molar-refractivity contribution in [1.82, 2.24) is 20.6 Å². The van der Waals surface area contributed by atoms with E-state index in [0.29, 0.717) is 30.2 Å². The zero-order chi connectivity index (χ0) is 21.5. The summed E-state index contributed by atoms with van der Waals surface area (Å²) >= 11 is 0. The number of carbonyl (C=O) groups is 2. The van der Waals surface area contributed by atoms with Crippen LogP contribution in [0.5, 0.6) is 0 Å². The van der Waals surface area contributed by atoms with Crippen molar-refractivity contribution in [1.29, 1.82) is 0 Å². The maximum absolute atomic E-state index is 12.8. The summed E-state index contributed by atoms with van der Waals surface area (Å²) in [5, 5.41) is 5.12. The van der Waals surface area contributed by atoms with Gasteiger partial charge in [0, 0.05) is 11.9 Å². The predicted molar refractivity (Wildman–Crippen MR) is 116 cm³/mol. The highest BCUT2D eigenvalue weighted by molar-refractivity contribution is 6.05. The third-order valence-corrected chi connectivity index (χ3v) is 4.91. The molecule has 2 amide bonds. The molecule has 0 saturated heterocycles. The maximum Gasteiger partial charge on any atom is 0.290 e. The average molecular weight is 406 g/mol. The number of benzene rings is 2. The second-order valence-electron chi connectivity index (χ2n) is 7.12. The van der Waals surface area contributed by atoms with Crippen LogP contribution in [-0.2, 0) is 11.3 Å². The molecule has 0 unspecified atom stereocenters. The van der Waals surface area contributed by atoms with E-state index in [1.807, 2.05) is 44.2 Å². The molecule has 0 saturated carbocycles. The Morgan fingerprint density at radius 3 is 2.27 bits per heavy atom. The Labute approximate surface area is 175 Å². The smallest absolute Gasteiger partial charge is 0.273 e. The summed E-state index contributed by atoms with van der Waals surface area (Å²) in [6, 6.07) is 16.3. The lowest BCUT2D eigenvalue weighted by molar-refractivity contribution is -0.123. The van der Waals surface area contributed by atoms with Crippen LogP contribution in [0.4, 0.5) is 0 Å². The fourth-order valence-electron chi connectivity index (χ4n) is 3.45. The number of hydrazine groups is 1. The third-order valence-electron chi connectivity index (χ3n) is 4.91. The van der Waals surface area contributed by atoms with E-state index in [1.54, 1.807) is 24.3 Å². The molecule has 0 aliphatic heterocycles. The largest absolute Gasteiger partial charge is 0.290 e. The SMILES string of the molecule is CCC[C@@H](C(=O)NNC(=O)c1nn(CCC)c(=O)c2ccccc12)c1ccccc1. The molecule has 1 atom stereocenters. The number of amides is 2. The summed E-state index contributed by atoms with van der Waals surface area (Å²) in [6.45, 7) is 4.35. The van der Waals surface area contributed by atoms with Gasteiger partial charge in [0.2, 0.25) is 5.91 Å². The molecule has 0 fully saturated rings. The van der Waals surface area contributed by atoms with Gasteiger partial charge in [-0.05, 0) is 24.5 Å². The molecule has 1 heterocycles. The van der Waals surface area contributed by atoms with Gasteiger partial charge < -0.3 is 0 Å². The van der Waals surface area contributed by atoms with Crippen LogP contribution >= 0.6 is 0 Å². The zero-order valence-corrected chi connectivity index (χ0v) is 17.2. The van der Waals surface area contributed by atoms with Crippen molar-refractivity contribution in [3.05, 3.63) is 76.2 Å². The van der Waals surface area contributed by atoms with Crippen molar-refractivity contribution in [2.75, 3.05) is 0 Å². The maximum atomic E-state index is 12.8. The topological polar surface area (TPSA) is 93.1 Å². The lowest BCUT2D eigenvalue weighted by Gasteiger charge is -2.17. The minimum absolute atomic E-state index is 0.103. The van der Waals surface area contributed by atoms with Crippen LogP contribution in [0.3, 0.4) is 0 Å². The van der Waals surface area contributed by atoms with Crippen molar-refractivity contribution in [2.45, 2.75) is 45.6 Å². The number of fused-ring (bicyclic) bond motifs is 1. The van der Waals surface area contributed by atoms with Gasteiger partial charge in [-0.1, -0.05) is 68.8 Å². The number of carbonyl (C=O) groups excluding carboxylic acids is 2. The van der Waals surface area contributed by atoms with E-state index in [-0.39, 0.29) is 23.1 Å². The first-order valence-corrected chi connectivity index (χ1v) is 10.2. The van der Waals surface area contributed by atoms with Crippen molar-refractivity contribution in [3.8, 4) is 0 Å². The molecule has 3 aromatic rings. The van der Waals surface area contributed by atoms with Crippen LogP contribution in [0.25, 0.3) is 10.8 Å². The molecule has 1 aromatic heterocycles. The van der Waals surface area contributed by atoms with E-state index in [9.17, 15) is 14.4 Å². The monoisotopic (exact) mass is 406 g/mol. The van der Waals surface area contributed by atoms with E-state index in [2.05, 4.69) is 16.0 Å². The highest BCUT2D eigenvalue weighted by Gasteiger charge is 2.22. The summed E-state index contributed by atoms with van der Waals surface area (Å²) in [7, 11) is 0. The molecule has 2 aromatic carbocycles. The second-order valence-corrected chi connectivity index (χ2v) is 7.12. The van der Waals surface area contributed by atoms with Gasteiger partial charge in [-0.25, -0.2) is 4.68 Å². The molecular weight excluding hydrogens is 380 g/mol. The van der Waals surface area contributed by atoms with Gasteiger partial charge in [0.15, 0.2) is 5.69 Å². The molecule has 7 heteroatoms. The molecule has 0 spiro atoms. The van der Waals surface area contributed by atoms with Crippen LogP contribution in [0, 0.1) is 0 Å². The van der Waals surface area contributed by atoms with Crippen molar-refractivity contribution in [3.63, 3.8) is 0 Å². The lowest BCUT2D eigenvalue weighted by atomic mass is 9.94. The van der Waals surface area contributed by atoms with Crippen LogP contribution in [0.2, 0.25) is 0 Å². The Bertz CT molecular complexity index is 1090. The Morgan fingerprint density at radius 2 is 1.60 bits per heavy atom. The molecule has 30 heavy (non-hydrogen) atoms. The molecule has 3 rings (SSSR count). The normalized spacial score (nSPS) is 11.8. The van der Waals surface area contributed by atoms with E-state index < -0.39 is 5.91 Å². The van der Waals surface area contributed by atoms with Crippen molar-refractivity contribution < 1.29 is 9.59 Å². The minimum atomic E-state index is -0.562. The summed E-state index contributed by atoms with van der Waals surface area (Å²) in [6.07, 6.45) is 2.20. The molecule has 7 nitrogen and oxygen atoms in total. The number of nitrogens with one attached hydrogen (secondary N) is 2. The number of hydrogen-bond acceptors (Lipinski definition) is 4. The first kappa shape index (κ1) is 21.2. The summed E-state index contributed by atoms with van der Waals surface area (Å²) in [4.78, 5) is 38.2. The van der Waals surface area contributed by atoms with Gasteiger partial charge in [-0.15, -0.1) is 0 Å². The molecule has 0 bridgehead atoms. The van der Waals surface area contributed by atoms with Crippen LogP contribution in [0.1, 0.15) is 55.1 Å². The first-order valence-electron chi connectivity index (χ1n) is 10.2. The third kappa shape index (κ3) is 4.56. The molecule has 0 radical (unpaired) electrons. The van der Waals surface area contributed by atoms with Crippen molar-refractivity contribution >= 4 is 22.6 Å². The fraction of sp³-hybridized carbons (Fsp3) is 0.304. The second kappa shape index (κ2) is 9.82. The predicted octanol–water partition coefficient (Wildman–Crippen LogP) is 3.15. The van der Waals surface area contributed by atoms with Gasteiger partial charge >= 0.3 is 0 Å². The van der Waals surface area contributed by atoms with Gasteiger partial charge in [-0.2, -0.15) is 5.10 Å². The Hall–Kier alpha value is -3.48. The van der Waals surface area contributed by atoms with E-state index >= 15 is 0 Å². The number of nitrogens with zero attached hydrogens (tertiary/aromatic N) is 2. The van der Waals surface area contributed by atoms with Gasteiger partial charge in [0.1, 0.15) is 0 Å². The zero-order valence-electron chi connectivity index (χ0n) is 17.2. The molecule has 0 aliphatic rings. The standard InChI is InChI=1S/C23H26N4O3/c1-3-10-17(16-11-6-5-7-12-16)21(28)24-25-22(29)20-18-13-8-9-14-19(18)23(30)27(26-20)15-4-2/h5-9,11-14,17H,3-4,10,15H2,1-2H3,(H,24,28)(H,25,29)/t17-/m1/s1. The van der Waals surface area contributed by atoms with E-state index in [0.717, 1.165) is 12.0 Å². The lowest BCUT2D eigenvalue weighted by Crippen LogP contribution is -2.44. The Balaban J connectivity index is 1.83. The highest BCUT2D eigenvalue weighted by Crippen LogP contribution is 2.21. The van der Waals surface area contributed by atoms with Crippen LogP contribution < -0.4 is 16.4 Å². The fourth-order valence-corrected chi connectivity index (χ4v) is 3.45.